The fourth-order valence-electron chi connectivity index (χ4n) is 2.36. The molecule has 0 aliphatic heterocycles. The number of hydrogen-bond acceptors (Lipinski definition) is 4. The Morgan fingerprint density at radius 2 is 1.83 bits per heavy atom. The molecule has 0 aliphatic carbocycles. The maximum atomic E-state index is 13.7. The Hall–Kier alpha value is -3.06. The third-order valence-corrected chi connectivity index (χ3v) is 4.31. The summed E-state index contributed by atoms with van der Waals surface area (Å²) in [5, 5.41) is 8.80. The second kappa shape index (κ2) is 5.86. The molecular formula is C17H11FN4OS. The van der Waals surface area contributed by atoms with Gasteiger partial charge in [-0.25, -0.2) is 8.91 Å². The van der Waals surface area contributed by atoms with Gasteiger partial charge in [-0.2, -0.15) is 4.98 Å². The van der Waals surface area contributed by atoms with Crippen molar-refractivity contribution in [3.8, 4) is 11.3 Å². The van der Waals surface area contributed by atoms with Crippen LogP contribution in [0.5, 0.6) is 0 Å². The van der Waals surface area contributed by atoms with Gasteiger partial charge in [-0.3, -0.25) is 10.1 Å². The molecule has 0 saturated heterocycles. The van der Waals surface area contributed by atoms with Crippen LogP contribution >= 0.6 is 11.3 Å². The number of carbonyl (C=O) groups excluding carboxylic acids is 1. The lowest BCUT2D eigenvalue weighted by atomic mass is 10.2. The minimum absolute atomic E-state index is 0.0427. The highest BCUT2D eigenvalue weighted by molar-refractivity contribution is 7.15. The maximum Gasteiger partial charge on any atom is 0.261 e. The van der Waals surface area contributed by atoms with Crippen LogP contribution < -0.4 is 5.32 Å². The number of hydrogen-bond donors (Lipinski definition) is 1. The smallest absolute Gasteiger partial charge is 0.261 e. The van der Waals surface area contributed by atoms with Crippen LogP contribution in [0.15, 0.2) is 60.0 Å². The lowest BCUT2D eigenvalue weighted by Gasteiger charge is -2.02. The number of benzene rings is 2. The van der Waals surface area contributed by atoms with Crippen LogP contribution in [0.2, 0.25) is 0 Å². The standard InChI is InChI=1S/C17H11FN4OS/c18-13-9-5-4-8-12(13)15(23)19-16-20-17-22(21-16)14(10-24-17)11-6-2-1-3-7-11/h1-10H,(H,19,21,23). The summed E-state index contributed by atoms with van der Waals surface area (Å²) in [5.74, 6) is -1.01. The molecule has 0 atom stereocenters. The van der Waals surface area contributed by atoms with Gasteiger partial charge in [0.2, 0.25) is 4.96 Å². The third-order valence-electron chi connectivity index (χ3n) is 3.49. The van der Waals surface area contributed by atoms with Crippen molar-refractivity contribution in [3.63, 3.8) is 0 Å². The average molecular weight is 338 g/mol. The number of thiazole rings is 1. The molecule has 0 saturated carbocycles. The van der Waals surface area contributed by atoms with E-state index in [4.69, 9.17) is 0 Å². The highest BCUT2D eigenvalue weighted by atomic mass is 32.1. The first-order chi connectivity index (χ1) is 11.7. The Kier molecular flexibility index (Phi) is 3.55. The Morgan fingerprint density at radius 1 is 1.08 bits per heavy atom. The van der Waals surface area contributed by atoms with Gasteiger partial charge in [0.15, 0.2) is 0 Å². The summed E-state index contributed by atoms with van der Waals surface area (Å²) in [6.07, 6.45) is 0. The second-order valence-corrected chi connectivity index (χ2v) is 5.89. The number of halogens is 1. The Morgan fingerprint density at radius 3 is 2.62 bits per heavy atom. The molecule has 0 radical (unpaired) electrons. The van der Waals surface area contributed by atoms with E-state index in [0.29, 0.717) is 4.96 Å². The number of rotatable bonds is 3. The van der Waals surface area contributed by atoms with E-state index in [1.807, 2.05) is 35.7 Å². The van der Waals surface area contributed by atoms with Gasteiger partial charge in [0.25, 0.3) is 11.9 Å². The highest BCUT2D eigenvalue weighted by Crippen LogP contribution is 2.25. The molecule has 24 heavy (non-hydrogen) atoms. The zero-order chi connectivity index (χ0) is 16.5. The summed E-state index contributed by atoms with van der Waals surface area (Å²) < 4.78 is 15.3. The molecule has 1 amide bonds. The van der Waals surface area contributed by atoms with E-state index in [1.54, 1.807) is 10.6 Å². The largest absolute Gasteiger partial charge is 0.289 e. The van der Waals surface area contributed by atoms with E-state index in [9.17, 15) is 9.18 Å². The Labute approximate surface area is 140 Å². The summed E-state index contributed by atoms with van der Waals surface area (Å²) in [6.45, 7) is 0. The molecule has 7 heteroatoms. The zero-order valence-corrected chi connectivity index (χ0v) is 13.1. The lowest BCUT2D eigenvalue weighted by Crippen LogP contribution is -2.14. The number of carbonyl (C=O) groups is 1. The van der Waals surface area contributed by atoms with Gasteiger partial charge in [0, 0.05) is 10.9 Å². The Balaban J connectivity index is 1.66. The molecule has 2 aromatic heterocycles. The van der Waals surface area contributed by atoms with Gasteiger partial charge in [-0.05, 0) is 12.1 Å². The SMILES string of the molecule is O=C(Nc1nc2scc(-c3ccccc3)n2n1)c1ccccc1F. The van der Waals surface area contributed by atoms with Gasteiger partial charge in [0.1, 0.15) is 5.82 Å². The van der Waals surface area contributed by atoms with E-state index in [-0.39, 0.29) is 11.5 Å². The molecule has 0 spiro atoms. The summed E-state index contributed by atoms with van der Waals surface area (Å²) in [7, 11) is 0. The van der Waals surface area contributed by atoms with Crippen molar-refractivity contribution in [2.45, 2.75) is 0 Å². The Bertz CT molecular complexity index is 1030. The topological polar surface area (TPSA) is 59.3 Å². The van der Waals surface area contributed by atoms with Gasteiger partial charge in [-0.15, -0.1) is 16.4 Å². The predicted molar refractivity (Wildman–Crippen MR) is 90.7 cm³/mol. The van der Waals surface area contributed by atoms with Gasteiger partial charge < -0.3 is 0 Å². The van der Waals surface area contributed by atoms with Crippen LogP contribution in [-0.2, 0) is 0 Å². The van der Waals surface area contributed by atoms with Crippen molar-refractivity contribution in [2.24, 2.45) is 0 Å². The normalized spacial score (nSPS) is 10.9. The summed E-state index contributed by atoms with van der Waals surface area (Å²) in [4.78, 5) is 17.1. The maximum absolute atomic E-state index is 13.7. The van der Waals surface area contributed by atoms with Crippen molar-refractivity contribution in [2.75, 3.05) is 5.32 Å². The molecule has 118 valence electrons. The molecule has 0 fully saturated rings. The zero-order valence-electron chi connectivity index (χ0n) is 12.3. The first-order valence-corrected chi connectivity index (χ1v) is 8.06. The van der Waals surface area contributed by atoms with Crippen molar-refractivity contribution < 1.29 is 9.18 Å². The minimum Gasteiger partial charge on any atom is -0.289 e. The molecule has 4 aromatic rings. The van der Waals surface area contributed by atoms with E-state index in [2.05, 4.69) is 15.4 Å². The van der Waals surface area contributed by atoms with Gasteiger partial charge >= 0.3 is 0 Å². The van der Waals surface area contributed by atoms with Crippen molar-refractivity contribution >= 4 is 28.2 Å². The summed E-state index contributed by atoms with van der Waals surface area (Å²) >= 11 is 1.42. The molecule has 2 heterocycles. The monoisotopic (exact) mass is 338 g/mol. The number of aromatic nitrogens is 3. The summed E-state index contributed by atoms with van der Waals surface area (Å²) in [5.41, 5.74) is 1.84. The fraction of sp³-hybridized carbons (Fsp3) is 0. The molecule has 5 nitrogen and oxygen atoms in total. The van der Waals surface area contributed by atoms with E-state index in [1.165, 1.54) is 29.5 Å². The second-order valence-electron chi connectivity index (χ2n) is 5.05. The number of fused-ring (bicyclic) bond motifs is 1. The molecule has 0 bridgehead atoms. The number of nitrogens with zero attached hydrogens (tertiary/aromatic N) is 3. The predicted octanol–water partition coefficient (Wildman–Crippen LogP) is 3.85. The first kappa shape index (κ1) is 14.5. The summed E-state index contributed by atoms with van der Waals surface area (Å²) in [6, 6.07) is 15.6. The van der Waals surface area contributed by atoms with Crippen molar-refractivity contribution in [1.29, 1.82) is 0 Å². The van der Waals surface area contributed by atoms with E-state index in [0.717, 1.165) is 11.3 Å². The number of amides is 1. The van der Waals surface area contributed by atoms with E-state index >= 15 is 0 Å². The van der Waals surface area contributed by atoms with Crippen LogP contribution in [0, 0.1) is 5.82 Å². The van der Waals surface area contributed by atoms with Crippen molar-refractivity contribution in [3.05, 3.63) is 71.4 Å². The van der Waals surface area contributed by atoms with E-state index < -0.39 is 11.7 Å². The van der Waals surface area contributed by atoms with Crippen LogP contribution in [0.3, 0.4) is 0 Å². The first-order valence-electron chi connectivity index (χ1n) is 7.18. The molecule has 2 aromatic carbocycles. The van der Waals surface area contributed by atoms with Crippen molar-refractivity contribution in [1.82, 2.24) is 14.6 Å². The minimum atomic E-state index is -0.582. The molecule has 1 N–H and O–H groups in total. The number of nitrogens with one attached hydrogen (secondary N) is 1. The molecule has 4 rings (SSSR count). The fourth-order valence-corrected chi connectivity index (χ4v) is 3.19. The van der Waals surface area contributed by atoms with Crippen LogP contribution in [-0.4, -0.2) is 20.5 Å². The van der Waals surface area contributed by atoms with Crippen LogP contribution in [0.1, 0.15) is 10.4 Å². The van der Waals surface area contributed by atoms with Crippen LogP contribution in [0.25, 0.3) is 16.2 Å². The molecule has 0 unspecified atom stereocenters. The lowest BCUT2D eigenvalue weighted by molar-refractivity contribution is 0.102. The van der Waals surface area contributed by atoms with Crippen LogP contribution in [0.4, 0.5) is 10.3 Å². The third kappa shape index (κ3) is 2.55. The molecular weight excluding hydrogens is 327 g/mol. The van der Waals surface area contributed by atoms with Gasteiger partial charge in [0.05, 0.1) is 11.3 Å². The quantitative estimate of drug-likeness (QED) is 0.617. The number of anilines is 1. The molecule has 0 aliphatic rings. The average Bonchev–Trinajstić information content (AvgIpc) is 3.16. The highest BCUT2D eigenvalue weighted by Gasteiger charge is 2.16. The van der Waals surface area contributed by atoms with Gasteiger partial charge in [-0.1, -0.05) is 42.5 Å².